The number of fused-ring (bicyclic) bond motifs is 1. The number of nitrogens with zero attached hydrogens (tertiary/aromatic N) is 2. The van der Waals surface area contributed by atoms with Crippen LogP contribution in [0.1, 0.15) is 27.9 Å². The summed E-state index contributed by atoms with van der Waals surface area (Å²) in [7, 11) is -2.69. The van der Waals surface area contributed by atoms with Crippen molar-refractivity contribution in [1.29, 1.82) is 0 Å². The molecule has 0 aliphatic carbocycles. The zero-order chi connectivity index (χ0) is 21.5. The van der Waals surface area contributed by atoms with Gasteiger partial charge < -0.3 is 9.84 Å². The molecule has 3 rings (SSSR count). The van der Waals surface area contributed by atoms with Gasteiger partial charge in [-0.3, -0.25) is 4.79 Å². The summed E-state index contributed by atoms with van der Waals surface area (Å²) in [6, 6.07) is 9.24. The van der Waals surface area contributed by atoms with Crippen molar-refractivity contribution in [1.82, 2.24) is 14.7 Å². The van der Waals surface area contributed by atoms with Crippen LogP contribution in [-0.4, -0.2) is 49.0 Å². The molecule has 8 nitrogen and oxygen atoms in total. The van der Waals surface area contributed by atoms with Crippen molar-refractivity contribution in [2.45, 2.75) is 12.8 Å². The average molecular weight is 433 g/mol. The topological polar surface area (TPSA) is 118 Å². The molecule has 0 aliphatic heterocycles. The molecule has 0 saturated carbocycles. The number of thiol groups is 1. The number of rotatable bonds is 10. The zero-order valence-corrected chi connectivity index (χ0v) is 16.8. The van der Waals surface area contributed by atoms with Crippen LogP contribution in [0.4, 0.5) is 4.39 Å². The lowest BCUT2D eigenvalue weighted by atomic mass is 9.98. The van der Waals surface area contributed by atoms with Crippen molar-refractivity contribution >= 4 is 27.7 Å². The highest BCUT2D eigenvalue weighted by Crippen LogP contribution is 2.21. The summed E-state index contributed by atoms with van der Waals surface area (Å²) in [4.78, 5) is 21.3. The molecule has 0 radical (unpaired) electrons. The number of aliphatic hydroxyl groups excluding tert-OH is 1. The second-order valence-electron chi connectivity index (χ2n) is 6.36. The van der Waals surface area contributed by atoms with Crippen LogP contribution < -0.4 is 9.46 Å². The van der Waals surface area contributed by atoms with Crippen LogP contribution in [0.3, 0.4) is 0 Å². The van der Waals surface area contributed by atoms with E-state index >= 15 is 0 Å². The van der Waals surface area contributed by atoms with Gasteiger partial charge in [0.15, 0.2) is 5.78 Å². The number of halogens is 1. The average Bonchev–Trinajstić information content (AvgIpc) is 2.75. The maximum Gasteiger partial charge on any atom is 0.232 e. The first-order valence-corrected chi connectivity index (χ1v) is 10.4. The quantitative estimate of drug-likeness (QED) is 0.251. The van der Waals surface area contributed by atoms with Gasteiger partial charge in [0.1, 0.15) is 12.4 Å². The Morgan fingerprint density at radius 3 is 2.80 bits per heavy atom. The summed E-state index contributed by atoms with van der Waals surface area (Å²) in [5.41, 5.74) is 1.46. The first-order valence-electron chi connectivity index (χ1n) is 9.20. The third kappa shape index (κ3) is 5.35. The minimum atomic E-state index is -2.69. The van der Waals surface area contributed by atoms with E-state index in [1.54, 1.807) is 24.3 Å². The predicted molar refractivity (Wildman–Crippen MR) is 109 cm³/mol. The van der Waals surface area contributed by atoms with Crippen LogP contribution in [-0.2, 0) is 17.3 Å². The molecule has 0 unspecified atom stereocenters. The number of ether oxygens (including phenoxy) is 1. The summed E-state index contributed by atoms with van der Waals surface area (Å²) < 4.78 is 43.4. The van der Waals surface area contributed by atoms with E-state index in [-0.39, 0.29) is 43.2 Å². The van der Waals surface area contributed by atoms with E-state index in [1.807, 2.05) is 0 Å². The number of ketones is 1. The lowest BCUT2D eigenvalue weighted by Crippen LogP contribution is -2.14. The highest BCUT2D eigenvalue weighted by atomic mass is 32.2. The lowest BCUT2D eigenvalue weighted by molar-refractivity contribution is 0.103. The molecule has 2 aromatic carbocycles. The van der Waals surface area contributed by atoms with E-state index < -0.39 is 22.5 Å². The molecule has 0 aliphatic rings. The van der Waals surface area contributed by atoms with E-state index in [1.165, 1.54) is 18.3 Å². The van der Waals surface area contributed by atoms with E-state index in [2.05, 4.69) is 14.7 Å². The smallest absolute Gasteiger partial charge is 0.232 e. The van der Waals surface area contributed by atoms with Crippen molar-refractivity contribution in [3.05, 3.63) is 65.1 Å². The number of aromatic nitrogens is 2. The molecule has 3 aromatic rings. The van der Waals surface area contributed by atoms with Gasteiger partial charge in [0.05, 0.1) is 29.4 Å². The molecule has 0 amide bonds. The van der Waals surface area contributed by atoms with E-state index in [9.17, 15) is 17.6 Å². The minimum Gasteiger partial charge on any atom is -0.474 e. The molecule has 30 heavy (non-hydrogen) atoms. The molecule has 158 valence electrons. The van der Waals surface area contributed by atoms with Crippen molar-refractivity contribution < 1.29 is 27.4 Å². The first kappa shape index (κ1) is 21.8. The van der Waals surface area contributed by atoms with E-state index in [4.69, 9.17) is 9.84 Å². The van der Waals surface area contributed by atoms with Crippen LogP contribution in [0, 0.1) is 5.82 Å². The fraction of sp³-hybridized carbons (Fsp3) is 0.250. The summed E-state index contributed by atoms with van der Waals surface area (Å²) in [5, 5.41) is 8.84. The number of hydrogen-bond acceptors (Lipinski definition) is 7. The predicted octanol–water partition coefficient (Wildman–Crippen LogP) is 1.42. The van der Waals surface area contributed by atoms with Crippen LogP contribution in [0.5, 0.6) is 5.88 Å². The monoisotopic (exact) mass is 433 g/mol. The molecule has 10 heteroatoms. The summed E-state index contributed by atoms with van der Waals surface area (Å²) in [6.45, 7) is 0.0944. The highest BCUT2D eigenvalue weighted by molar-refractivity contribution is 7.70. The summed E-state index contributed by atoms with van der Waals surface area (Å²) in [6.07, 6.45) is 2.11. The first-order chi connectivity index (χ1) is 14.5. The largest absolute Gasteiger partial charge is 0.474 e. The lowest BCUT2D eigenvalue weighted by Gasteiger charge is -2.09. The van der Waals surface area contributed by atoms with Gasteiger partial charge in [0, 0.05) is 12.1 Å². The Morgan fingerprint density at radius 1 is 1.20 bits per heavy atom. The number of benzene rings is 2. The fourth-order valence-electron chi connectivity index (χ4n) is 2.91. The van der Waals surface area contributed by atoms with Gasteiger partial charge in [-0.05, 0) is 42.7 Å². The second-order valence-corrected chi connectivity index (χ2v) is 7.19. The Bertz CT molecular complexity index is 1130. The number of carbonyl (C=O) groups is 1. The van der Waals surface area contributed by atoms with Crippen LogP contribution in [0.25, 0.3) is 11.0 Å². The van der Waals surface area contributed by atoms with Gasteiger partial charge in [0.25, 0.3) is 0 Å². The SMILES string of the molecule is O=C(c1ccc2ncc(OCCO)nc2c1)c1cccc(CCCN[SH](=O)=O)c1F. The Hall–Kier alpha value is -2.95. The number of hydrogen-bond donors (Lipinski definition) is 3. The van der Waals surface area contributed by atoms with Crippen LogP contribution >= 0.6 is 0 Å². The zero-order valence-electron chi connectivity index (χ0n) is 15.9. The van der Waals surface area contributed by atoms with Crippen molar-refractivity contribution in [3.8, 4) is 5.88 Å². The maximum absolute atomic E-state index is 14.9. The normalized spacial score (nSPS) is 11.2. The molecule has 0 fully saturated rings. The number of carbonyl (C=O) groups excluding carboxylic acids is 1. The minimum absolute atomic E-state index is 0.0671. The Morgan fingerprint density at radius 2 is 2.03 bits per heavy atom. The van der Waals surface area contributed by atoms with Crippen LogP contribution in [0.2, 0.25) is 0 Å². The highest BCUT2D eigenvalue weighted by Gasteiger charge is 2.17. The third-order valence-corrected chi connectivity index (χ3v) is 4.79. The number of nitrogens with one attached hydrogen (secondary N) is 1. The van der Waals surface area contributed by atoms with Crippen molar-refractivity contribution in [3.63, 3.8) is 0 Å². The molecule has 0 spiro atoms. The van der Waals surface area contributed by atoms with Gasteiger partial charge in [-0.1, -0.05) is 12.1 Å². The maximum atomic E-state index is 14.9. The molecule has 0 atom stereocenters. The summed E-state index contributed by atoms with van der Waals surface area (Å²) >= 11 is 0. The Kier molecular flexibility index (Phi) is 7.39. The molecular formula is C20H20FN3O5S. The third-order valence-electron chi connectivity index (χ3n) is 4.31. The van der Waals surface area contributed by atoms with Crippen molar-refractivity contribution in [2.24, 2.45) is 0 Å². The Balaban J connectivity index is 1.83. The molecular weight excluding hydrogens is 413 g/mol. The van der Waals surface area contributed by atoms with Gasteiger partial charge >= 0.3 is 0 Å². The van der Waals surface area contributed by atoms with E-state index in [0.29, 0.717) is 23.0 Å². The molecule has 2 N–H and O–H groups in total. The number of aliphatic hydroxyl groups is 1. The molecule has 1 heterocycles. The molecule has 0 bridgehead atoms. The fourth-order valence-corrected chi connectivity index (χ4v) is 3.25. The Labute approximate surface area is 173 Å². The van der Waals surface area contributed by atoms with Gasteiger partial charge in [-0.25, -0.2) is 27.5 Å². The van der Waals surface area contributed by atoms with Crippen LogP contribution in [0.15, 0.2) is 42.6 Å². The van der Waals surface area contributed by atoms with Crippen molar-refractivity contribution in [2.75, 3.05) is 19.8 Å². The van der Waals surface area contributed by atoms with Gasteiger partial charge in [-0.2, -0.15) is 0 Å². The van der Waals surface area contributed by atoms with Gasteiger partial charge in [-0.15, -0.1) is 0 Å². The standard InChI is InChI=1S/C20H20FN3O5S/c21-19-13(4-2-8-23-30(27)28)3-1-5-15(19)20(26)14-6-7-16-17(11-14)24-18(12-22-16)29-10-9-25/h1,3,5-7,11-12,25,30H,2,4,8-10H2,(H,23,27,28). The van der Waals surface area contributed by atoms with E-state index in [0.717, 1.165) is 0 Å². The number of aryl methyl sites for hydroxylation is 1. The summed E-state index contributed by atoms with van der Waals surface area (Å²) in [5.74, 6) is -0.913. The second kappa shape index (κ2) is 10.2. The van der Waals surface area contributed by atoms with Gasteiger partial charge in [0.2, 0.25) is 16.8 Å². The molecule has 0 saturated heterocycles. The molecule has 1 aromatic heterocycles.